The number of hydrogen-bond donors (Lipinski definition) is 4. The second-order valence-electron chi connectivity index (χ2n) is 8.50. The maximum Gasteiger partial charge on any atom is 0.314 e. The number of amides is 4. The molecule has 0 heterocycles. The van der Waals surface area contributed by atoms with Crippen molar-refractivity contribution in [1.82, 2.24) is 0 Å². The molecule has 0 aliphatic carbocycles. The molecular formula is C30H26N4O4. The van der Waals surface area contributed by atoms with Crippen molar-refractivity contribution < 1.29 is 19.2 Å². The highest BCUT2D eigenvalue weighted by molar-refractivity contribution is 6.43. The van der Waals surface area contributed by atoms with Crippen LogP contribution < -0.4 is 21.3 Å². The summed E-state index contributed by atoms with van der Waals surface area (Å²) in [6.07, 6.45) is 0. The molecule has 0 saturated carbocycles. The van der Waals surface area contributed by atoms with Gasteiger partial charge < -0.3 is 21.3 Å². The van der Waals surface area contributed by atoms with E-state index in [9.17, 15) is 19.2 Å². The van der Waals surface area contributed by atoms with Crippen molar-refractivity contribution >= 4 is 46.4 Å². The maximum atomic E-state index is 12.5. The Labute approximate surface area is 220 Å². The van der Waals surface area contributed by atoms with Gasteiger partial charge in [0, 0.05) is 22.7 Å². The first-order valence-electron chi connectivity index (χ1n) is 11.9. The Balaban J connectivity index is 1.30. The van der Waals surface area contributed by atoms with Crippen molar-refractivity contribution in [3.63, 3.8) is 0 Å². The molecule has 0 bridgehead atoms. The first-order valence-corrected chi connectivity index (χ1v) is 11.9. The van der Waals surface area contributed by atoms with E-state index in [4.69, 9.17) is 0 Å². The lowest BCUT2D eigenvalue weighted by Gasteiger charge is -2.13. The van der Waals surface area contributed by atoms with Crippen LogP contribution in [0.25, 0.3) is 11.1 Å². The zero-order valence-electron chi connectivity index (χ0n) is 20.6. The van der Waals surface area contributed by atoms with E-state index in [0.29, 0.717) is 22.7 Å². The molecule has 4 N–H and O–H groups in total. The molecular weight excluding hydrogens is 480 g/mol. The van der Waals surface area contributed by atoms with Crippen LogP contribution in [0.1, 0.15) is 6.92 Å². The van der Waals surface area contributed by atoms with Gasteiger partial charge in [0.2, 0.25) is 11.8 Å². The van der Waals surface area contributed by atoms with E-state index >= 15 is 0 Å². The average Bonchev–Trinajstić information content (AvgIpc) is 2.94. The molecule has 8 nitrogen and oxygen atoms in total. The second kappa shape index (κ2) is 12.1. The highest BCUT2D eigenvalue weighted by Crippen LogP contribution is 2.23. The van der Waals surface area contributed by atoms with Crippen molar-refractivity contribution in [2.45, 2.75) is 6.92 Å². The lowest BCUT2D eigenvalue weighted by atomic mass is 10.0. The summed E-state index contributed by atoms with van der Waals surface area (Å²) in [5.41, 5.74) is 3.97. The van der Waals surface area contributed by atoms with Gasteiger partial charge in [-0.15, -0.1) is 0 Å². The fourth-order valence-electron chi connectivity index (χ4n) is 3.53. The highest BCUT2D eigenvalue weighted by Gasteiger charge is 2.21. The van der Waals surface area contributed by atoms with Gasteiger partial charge in [-0.25, -0.2) is 0 Å². The standard InChI is InChI=1S/C30H26N4O4/c1-20(27(35)31-23-8-4-2-5-9-23)28(36)32-25-16-12-21(13-17-25)22-14-18-26(19-15-22)34-30(38)29(37)33-24-10-6-3-7-11-24/h2-20H,1H3,(H,31,35)(H,32,36)(H,33,37)(H,34,38). The van der Waals surface area contributed by atoms with Gasteiger partial charge in [-0.05, 0) is 66.6 Å². The van der Waals surface area contributed by atoms with E-state index in [2.05, 4.69) is 21.3 Å². The predicted molar refractivity (Wildman–Crippen MR) is 148 cm³/mol. The topological polar surface area (TPSA) is 116 Å². The largest absolute Gasteiger partial charge is 0.325 e. The molecule has 0 saturated heterocycles. The van der Waals surface area contributed by atoms with Crippen LogP contribution in [0.15, 0.2) is 109 Å². The molecule has 4 aromatic rings. The van der Waals surface area contributed by atoms with Gasteiger partial charge in [0.1, 0.15) is 5.92 Å². The predicted octanol–water partition coefficient (Wildman–Crippen LogP) is 5.14. The van der Waals surface area contributed by atoms with E-state index < -0.39 is 29.5 Å². The molecule has 0 fully saturated rings. The summed E-state index contributed by atoms with van der Waals surface area (Å²) in [6, 6.07) is 31.9. The molecule has 0 spiro atoms. The van der Waals surface area contributed by atoms with Crippen LogP contribution in [0.5, 0.6) is 0 Å². The van der Waals surface area contributed by atoms with Crippen LogP contribution in [0.3, 0.4) is 0 Å². The van der Waals surface area contributed by atoms with Crippen LogP contribution in [0.4, 0.5) is 22.7 Å². The van der Waals surface area contributed by atoms with Crippen molar-refractivity contribution in [1.29, 1.82) is 0 Å². The molecule has 38 heavy (non-hydrogen) atoms. The number of carbonyl (C=O) groups is 4. The molecule has 4 aromatic carbocycles. The zero-order chi connectivity index (χ0) is 26.9. The van der Waals surface area contributed by atoms with Gasteiger partial charge in [-0.3, -0.25) is 19.2 Å². The number of anilines is 4. The van der Waals surface area contributed by atoms with Gasteiger partial charge in [-0.1, -0.05) is 60.7 Å². The summed E-state index contributed by atoms with van der Waals surface area (Å²) in [5.74, 6) is -3.22. The third-order valence-corrected chi connectivity index (χ3v) is 5.69. The normalized spacial score (nSPS) is 11.1. The van der Waals surface area contributed by atoms with E-state index in [1.165, 1.54) is 0 Å². The summed E-state index contributed by atoms with van der Waals surface area (Å²) < 4.78 is 0. The van der Waals surface area contributed by atoms with Crippen LogP contribution >= 0.6 is 0 Å². The second-order valence-corrected chi connectivity index (χ2v) is 8.50. The van der Waals surface area contributed by atoms with Gasteiger partial charge in [0.05, 0.1) is 0 Å². The Bertz CT molecular complexity index is 1420. The molecule has 4 amide bonds. The minimum Gasteiger partial charge on any atom is -0.325 e. The van der Waals surface area contributed by atoms with E-state index in [1.807, 2.05) is 36.4 Å². The van der Waals surface area contributed by atoms with Gasteiger partial charge in [0.15, 0.2) is 0 Å². The van der Waals surface area contributed by atoms with E-state index in [-0.39, 0.29) is 0 Å². The Morgan fingerprint density at radius 1 is 0.447 bits per heavy atom. The summed E-state index contributed by atoms with van der Waals surface area (Å²) in [4.78, 5) is 49.2. The molecule has 190 valence electrons. The Hall–Kier alpha value is -5.24. The zero-order valence-corrected chi connectivity index (χ0v) is 20.6. The van der Waals surface area contributed by atoms with Crippen LogP contribution in [-0.2, 0) is 19.2 Å². The lowest BCUT2D eigenvalue weighted by Crippen LogP contribution is -2.31. The van der Waals surface area contributed by atoms with Crippen molar-refractivity contribution in [2.75, 3.05) is 21.3 Å². The van der Waals surface area contributed by atoms with Crippen LogP contribution in [0.2, 0.25) is 0 Å². The summed E-state index contributed by atoms with van der Waals surface area (Å²) in [7, 11) is 0. The SMILES string of the molecule is CC(C(=O)Nc1ccccc1)C(=O)Nc1ccc(-c2ccc(NC(=O)C(=O)Nc3ccccc3)cc2)cc1. The van der Waals surface area contributed by atoms with Crippen molar-refractivity contribution in [2.24, 2.45) is 5.92 Å². The Morgan fingerprint density at radius 2 is 0.763 bits per heavy atom. The number of hydrogen-bond acceptors (Lipinski definition) is 4. The van der Waals surface area contributed by atoms with Gasteiger partial charge >= 0.3 is 11.8 Å². The molecule has 8 heteroatoms. The quantitative estimate of drug-likeness (QED) is 0.205. The summed E-state index contributed by atoms with van der Waals surface area (Å²) >= 11 is 0. The number of carbonyl (C=O) groups excluding carboxylic acids is 4. The Morgan fingerprint density at radius 3 is 1.16 bits per heavy atom. The third kappa shape index (κ3) is 6.92. The van der Waals surface area contributed by atoms with E-state index in [0.717, 1.165) is 11.1 Å². The molecule has 0 aliphatic heterocycles. The van der Waals surface area contributed by atoms with E-state index in [1.54, 1.807) is 79.7 Å². The molecule has 1 atom stereocenters. The number of rotatable bonds is 7. The molecule has 0 aromatic heterocycles. The van der Waals surface area contributed by atoms with Crippen molar-refractivity contribution in [3.05, 3.63) is 109 Å². The van der Waals surface area contributed by atoms with Crippen LogP contribution in [-0.4, -0.2) is 23.6 Å². The Kier molecular flexibility index (Phi) is 8.25. The van der Waals surface area contributed by atoms with Gasteiger partial charge in [-0.2, -0.15) is 0 Å². The molecule has 1 unspecified atom stereocenters. The number of benzene rings is 4. The number of para-hydroxylation sites is 2. The van der Waals surface area contributed by atoms with Crippen molar-refractivity contribution in [3.8, 4) is 11.1 Å². The molecule has 0 aliphatic rings. The number of nitrogens with one attached hydrogen (secondary N) is 4. The first-order chi connectivity index (χ1) is 18.4. The minimum atomic E-state index is -0.882. The maximum absolute atomic E-state index is 12.5. The monoisotopic (exact) mass is 506 g/mol. The van der Waals surface area contributed by atoms with Crippen LogP contribution in [0, 0.1) is 5.92 Å². The average molecular weight is 507 g/mol. The first kappa shape index (κ1) is 25.8. The molecule has 4 rings (SSSR count). The third-order valence-electron chi connectivity index (χ3n) is 5.69. The van der Waals surface area contributed by atoms with Gasteiger partial charge in [0.25, 0.3) is 0 Å². The smallest absolute Gasteiger partial charge is 0.314 e. The minimum absolute atomic E-state index is 0.393. The highest BCUT2D eigenvalue weighted by atomic mass is 16.2. The fourth-order valence-corrected chi connectivity index (χ4v) is 3.53. The summed E-state index contributed by atoms with van der Waals surface area (Å²) in [6.45, 7) is 1.55. The molecule has 0 radical (unpaired) electrons. The summed E-state index contributed by atoms with van der Waals surface area (Å²) in [5, 5.41) is 10.6. The lowest BCUT2D eigenvalue weighted by molar-refractivity contribution is -0.132. The fraction of sp³-hybridized carbons (Fsp3) is 0.0667.